The minimum absolute atomic E-state index is 0.326. The largest absolute Gasteiger partial charge is 0.338 e. The second kappa shape index (κ2) is 4.58. The number of hydrogen-bond donors (Lipinski definition) is 1. The van der Waals surface area contributed by atoms with Gasteiger partial charge in [0.05, 0.1) is 0 Å². The molecule has 1 heterocycles. The van der Waals surface area contributed by atoms with E-state index in [0.717, 1.165) is 18.7 Å². The molecule has 0 spiro atoms. The lowest BCUT2D eigenvalue weighted by atomic mass is 9.79. The van der Waals surface area contributed by atoms with Crippen molar-refractivity contribution >= 4 is 0 Å². The van der Waals surface area contributed by atoms with Crippen LogP contribution >= 0.6 is 0 Å². The van der Waals surface area contributed by atoms with E-state index in [1.54, 1.807) is 0 Å². The molecule has 1 aromatic heterocycles. The molecule has 1 aliphatic carbocycles. The van der Waals surface area contributed by atoms with Gasteiger partial charge in [-0.3, -0.25) is 0 Å². The number of rotatable bonds is 4. The van der Waals surface area contributed by atoms with E-state index in [1.807, 2.05) is 19.4 Å². The fraction of sp³-hybridized carbons (Fsp3) is 0.769. The Balaban J connectivity index is 1.88. The molecule has 0 aliphatic heterocycles. The highest BCUT2D eigenvalue weighted by Gasteiger charge is 2.34. The molecule has 0 radical (unpaired) electrons. The summed E-state index contributed by atoms with van der Waals surface area (Å²) in [5.41, 5.74) is 6.72. The van der Waals surface area contributed by atoms with Crippen molar-refractivity contribution in [2.24, 2.45) is 18.2 Å². The molecule has 0 saturated heterocycles. The van der Waals surface area contributed by atoms with Gasteiger partial charge in [-0.05, 0) is 24.7 Å². The third kappa shape index (κ3) is 2.29. The highest BCUT2D eigenvalue weighted by atomic mass is 15.0. The lowest BCUT2D eigenvalue weighted by Crippen LogP contribution is -2.38. The number of aryl methyl sites for hydroxylation is 2. The Morgan fingerprint density at radius 2 is 2.19 bits per heavy atom. The smallest absolute Gasteiger partial charge is 0.108 e. The second-order valence-corrected chi connectivity index (χ2v) is 5.46. The first-order valence-electron chi connectivity index (χ1n) is 6.34. The summed E-state index contributed by atoms with van der Waals surface area (Å²) in [4.78, 5) is 4.34. The van der Waals surface area contributed by atoms with Crippen molar-refractivity contribution in [2.75, 3.05) is 0 Å². The number of nitrogens with two attached hydrogens (primary N) is 1. The van der Waals surface area contributed by atoms with E-state index in [2.05, 4.69) is 16.5 Å². The average Bonchev–Trinajstić information content (AvgIpc) is 2.85. The van der Waals surface area contributed by atoms with Crippen molar-refractivity contribution < 1.29 is 0 Å². The quantitative estimate of drug-likeness (QED) is 0.847. The van der Waals surface area contributed by atoms with E-state index in [-0.39, 0.29) is 0 Å². The Morgan fingerprint density at radius 3 is 2.75 bits per heavy atom. The fourth-order valence-electron chi connectivity index (χ4n) is 2.82. The molecule has 0 aromatic carbocycles. The van der Waals surface area contributed by atoms with Crippen molar-refractivity contribution in [1.82, 2.24) is 9.55 Å². The topological polar surface area (TPSA) is 43.8 Å². The Hall–Kier alpha value is -0.830. The number of imidazole rings is 1. The molecule has 1 saturated carbocycles. The molecule has 1 unspecified atom stereocenters. The molecule has 2 N–H and O–H groups in total. The van der Waals surface area contributed by atoms with Gasteiger partial charge in [-0.15, -0.1) is 0 Å². The first-order valence-corrected chi connectivity index (χ1v) is 6.34. The Kier molecular flexibility index (Phi) is 3.33. The molecule has 1 fully saturated rings. The van der Waals surface area contributed by atoms with Crippen LogP contribution in [-0.4, -0.2) is 15.6 Å². The fourth-order valence-corrected chi connectivity index (χ4v) is 2.82. The standard InChI is InChI=1S/C13H23N3/c1-13(7-3-4-8-13)11(14)5-6-12-15-9-10-16(12)2/h9-11H,3-8,14H2,1-2H3. The molecule has 0 bridgehead atoms. The van der Waals surface area contributed by atoms with Gasteiger partial charge in [0.15, 0.2) is 0 Å². The Bertz CT molecular complexity index is 337. The Labute approximate surface area is 98.1 Å². The van der Waals surface area contributed by atoms with Crippen LogP contribution in [0.1, 0.15) is 44.9 Å². The van der Waals surface area contributed by atoms with E-state index in [1.165, 1.54) is 25.7 Å². The highest BCUT2D eigenvalue weighted by Crippen LogP contribution is 2.40. The lowest BCUT2D eigenvalue weighted by Gasteiger charge is -2.31. The van der Waals surface area contributed by atoms with Crippen LogP contribution in [0.25, 0.3) is 0 Å². The van der Waals surface area contributed by atoms with Crippen molar-refractivity contribution in [2.45, 2.75) is 51.5 Å². The summed E-state index contributed by atoms with van der Waals surface area (Å²) in [6.07, 6.45) is 11.2. The lowest BCUT2D eigenvalue weighted by molar-refractivity contribution is 0.249. The number of aromatic nitrogens is 2. The monoisotopic (exact) mass is 221 g/mol. The summed E-state index contributed by atoms with van der Waals surface area (Å²) in [5.74, 6) is 1.15. The molecule has 0 amide bonds. The summed E-state index contributed by atoms with van der Waals surface area (Å²) in [5, 5.41) is 0. The summed E-state index contributed by atoms with van der Waals surface area (Å²) in [6, 6.07) is 0.326. The molecule has 3 nitrogen and oxygen atoms in total. The predicted molar refractivity (Wildman–Crippen MR) is 66.1 cm³/mol. The summed E-state index contributed by atoms with van der Waals surface area (Å²) >= 11 is 0. The number of hydrogen-bond acceptors (Lipinski definition) is 2. The number of nitrogens with zero attached hydrogens (tertiary/aromatic N) is 2. The van der Waals surface area contributed by atoms with Crippen LogP contribution < -0.4 is 5.73 Å². The van der Waals surface area contributed by atoms with Gasteiger partial charge >= 0.3 is 0 Å². The average molecular weight is 221 g/mol. The second-order valence-electron chi connectivity index (χ2n) is 5.46. The van der Waals surface area contributed by atoms with Gasteiger partial charge in [0.1, 0.15) is 5.82 Å². The minimum Gasteiger partial charge on any atom is -0.338 e. The summed E-state index contributed by atoms with van der Waals surface area (Å²) < 4.78 is 2.09. The third-order valence-electron chi connectivity index (χ3n) is 4.24. The van der Waals surface area contributed by atoms with Gasteiger partial charge in [0.2, 0.25) is 0 Å². The van der Waals surface area contributed by atoms with Crippen LogP contribution in [0, 0.1) is 5.41 Å². The van der Waals surface area contributed by atoms with Gasteiger partial charge in [-0.2, -0.15) is 0 Å². The van der Waals surface area contributed by atoms with Crippen LogP contribution in [0.4, 0.5) is 0 Å². The van der Waals surface area contributed by atoms with Crippen LogP contribution in [0.15, 0.2) is 12.4 Å². The molecule has 1 atom stereocenters. The van der Waals surface area contributed by atoms with Crippen LogP contribution in [0.3, 0.4) is 0 Å². The summed E-state index contributed by atoms with van der Waals surface area (Å²) in [7, 11) is 2.05. The van der Waals surface area contributed by atoms with Crippen molar-refractivity contribution in [1.29, 1.82) is 0 Å². The zero-order valence-electron chi connectivity index (χ0n) is 10.4. The van der Waals surface area contributed by atoms with Gasteiger partial charge in [0.25, 0.3) is 0 Å². The molecule has 90 valence electrons. The molecular formula is C13H23N3. The van der Waals surface area contributed by atoms with Crippen molar-refractivity contribution in [3.05, 3.63) is 18.2 Å². The SMILES string of the molecule is Cn1ccnc1CCC(N)C1(C)CCCC1. The van der Waals surface area contributed by atoms with Crippen molar-refractivity contribution in [3.63, 3.8) is 0 Å². The van der Waals surface area contributed by atoms with Gasteiger partial charge in [0, 0.05) is 31.9 Å². The maximum absolute atomic E-state index is 6.34. The minimum atomic E-state index is 0.326. The molecule has 1 aliphatic rings. The van der Waals surface area contributed by atoms with E-state index >= 15 is 0 Å². The van der Waals surface area contributed by atoms with Crippen LogP contribution in [-0.2, 0) is 13.5 Å². The van der Waals surface area contributed by atoms with E-state index in [9.17, 15) is 0 Å². The predicted octanol–water partition coefficient (Wildman–Crippen LogP) is 2.26. The maximum atomic E-state index is 6.34. The van der Waals surface area contributed by atoms with Crippen LogP contribution in [0.2, 0.25) is 0 Å². The molecule has 3 heteroatoms. The molecule has 16 heavy (non-hydrogen) atoms. The molecule has 2 rings (SSSR count). The maximum Gasteiger partial charge on any atom is 0.108 e. The van der Waals surface area contributed by atoms with Gasteiger partial charge in [-0.1, -0.05) is 19.8 Å². The third-order valence-corrected chi connectivity index (χ3v) is 4.24. The first kappa shape index (κ1) is 11.6. The van der Waals surface area contributed by atoms with Crippen molar-refractivity contribution in [3.8, 4) is 0 Å². The van der Waals surface area contributed by atoms with Crippen LogP contribution in [0.5, 0.6) is 0 Å². The van der Waals surface area contributed by atoms with E-state index in [4.69, 9.17) is 5.73 Å². The van der Waals surface area contributed by atoms with E-state index < -0.39 is 0 Å². The first-order chi connectivity index (χ1) is 7.62. The normalized spacial score (nSPS) is 21.2. The van der Waals surface area contributed by atoms with E-state index in [0.29, 0.717) is 11.5 Å². The van der Waals surface area contributed by atoms with Gasteiger partial charge in [-0.25, -0.2) is 4.98 Å². The van der Waals surface area contributed by atoms with Gasteiger partial charge < -0.3 is 10.3 Å². The molecular weight excluding hydrogens is 198 g/mol. The highest BCUT2D eigenvalue weighted by molar-refractivity contribution is 4.95. The Morgan fingerprint density at radius 1 is 1.50 bits per heavy atom. The molecule has 1 aromatic rings. The zero-order valence-corrected chi connectivity index (χ0v) is 10.4. The zero-order chi connectivity index (χ0) is 11.6. The summed E-state index contributed by atoms with van der Waals surface area (Å²) in [6.45, 7) is 2.35.